The van der Waals surface area contributed by atoms with Crippen LogP contribution in [-0.4, -0.2) is 13.1 Å². The van der Waals surface area contributed by atoms with Crippen LogP contribution in [0.4, 0.5) is 10.5 Å². The van der Waals surface area contributed by atoms with Gasteiger partial charge in [-0.3, -0.25) is 5.43 Å². The molecule has 5 nitrogen and oxygen atoms in total. The maximum Gasteiger partial charge on any atom is 0.333 e. The molecule has 15 heavy (non-hydrogen) atoms. The highest BCUT2D eigenvalue weighted by atomic mass is 16.5. The van der Waals surface area contributed by atoms with Crippen molar-refractivity contribution in [2.75, 3.05) is 12.4 Å². The number of carbonyl (C=O) groups excluding carboxylic acids is 1. The first-order chi connectivity index (χ1) is 7.08. The second-order valence-electron chi connectivity index (χ2n) is 3.26. The van der Waals surface area contributed by atoms with Crippen LogP contribution in [0, 0.1) is 13.8 Å². The number of ether oxygens (including phenoxy) is 1. The number of amides is 2. The molecule has 0 aliphatic carbocycles. The summed E-state index contributed by atoms with van der Waals surface area (Å²) in [7, 11) is 1.56. The maximum atomic E-state index is 11.1. The molecule has 0 aromatic heterocycles. The molecular weight excluding hydrogens is 194 g/mol. The number of benzene rings is 1. The fraction of sp³-hybridized carbons (Fsp3) is 0.300. The predicted octanol–water partition coefficient (Wildman–Crippen LogP) is 1.31. The van der Waals surface area contributed by atoms with Crippen molar-refractivity contribution < 1.29 is 9.53 Å². The number of aryl methyl sites for hydroxylation is 2. The van der Waals surface area contributed by atoms with Gasteiger partial charge in [-0.1, -0.05) is 6.07 Å². The van der Waals surface area contributed by atoms with Crippen molar-refractivity contribution in [3.8, 4) is 5.75 Å². The topological polar surface area (TPSA) is 76.4 Å². The standard InChI is InChI=1S/C10H15N3O2/c1-6-4-7(2)9(15-3)8(5-6)12-10(14)13-11/h4-5H,11H2,1-3H3,(H2,12,13,14). The van der Waals surface area contributed by atoms with Gasteiger partial charge in [0.2, 0.25) is 0 Å². The van der Waals surface area contributed by atoms with Gasteiger partial charge >= 0.3 is 6.03 Å². The Morgan fingerprint density at radius 1 is 1.40 bits per heavy atom. The van der Waals surface area contributed by atoms with E-state index >= 15 is 0 Å². The fourth-order valence-corrected chi connectivity index (χ4v) is 1.48. The van der Waals surface area contributed by atoms with Gasteiger partial charge in [0.1, 0.15) is 5.75 Å². The molecule has 0 radical (unpaired) electrons. The Labute approximate surface area is 88.6 Å². The van der Waals surface area contributed by atoms with Crippen molar-refractivity contribution in [2.24, 2.45) is 5.84 Å². The molecule has 1 rings (SSSR count). The van der Waals surface area contributed by atoms with Crippen molar-refractivity contribution in [1.29, 1.82) is 0 Å². The minimum absolute atomic E-state index is 0.474. The van der Waals surface area contributed by atoms with Crippen LogP contribution in [0.5, 0.6) is 5.75 Å². The molecular formula is C10H15N3O2. The molecule has 1 aromatic carbocycles. The van der Waals surface area contributed by atoms with E-state index in [1.54, 1.807) is 7.11 Å². The third-order valence-corrected chi connectivity index (χ3v) is 2.00. The summed E-state index contributed by atoms with van der Waals surface area (Å²) in [5, 5.41) is 2.59. The minimum atomic E-state index is -0.474. The van der Waals surface area contributed by atoms with Crippen molar-refractivity contribution >= 4 is 11.7 Å². The quantitative estimate of drug-likeness (QED) is 0.390. The molecule has 2 amide bonds. The van der Waals surface area contributed by atoms with Gasteiger partial charge < -0.3 is 10.1 Å². The zero-order valence-electron chi connectivity index (χ0n) is 9.05. The van der Waals surface area contributed by atoms with Crippen molar-refractivity contribution in [3.63, 3.8) is 0 Å². The molecule has 1 aromatic rings. The molecule has 0 saturated carbocycles. The van der Waals surface area contributed by atoms with Crippen LogP contribution in [0.25, 0.3) is 0 Å². The number of hydrogen-bond donors (Lipinski definition) is 3. The summed E-state index contributed by atoms with van der Waals surface area (Å²) in [5.74, 6) is 5.63. The van der Waals surface area contributed by atoms with Crippen LogP contribution in [0.15, 0.2) is 12.1 Å². The lowest BCUT2D eigenvalue weighted by Crippen LogP contribution is -2.34. The van der Waals surface area contributed by atoms with Crippen molar-refractivity contribution in [3.05, 3.63) is 23.3 Å². The zero-order chi connectivity index (χ0) is 11.4. The summed E-state index contributed by atoms with van der Waals surface area (Å²) in [5.41, 5.74) is 4.61. The Hall–Kier alpha value is -1.75. The molecule has 0 bridgehead atoms. The molecule has 5 heteroatoms. The number of urea groups is 1. The van der Waals surface area contributed by atoms with Gasteiger partial charge in [0.15, 0.2) is 0 Å². The summed E-state index contributed by atoms with van der Waals surface area (Å²) < 4.78 is 5.19. The molecule has 0 aliphatic rings. The molecule has 82 valence electrons. The number of nitrogens with two attached hydrogens (primary N) is 1. The molecule has 0 heterocycles. The second kappa shape index (κ2) is 4.65. The van der Waals surface area contributed by atoms with Crippen LogP contribution in [0.3, 0.4) is 0 Å². The molecule has 0 unspecified atom stereocenters. The smallest absolute Gasteiger partial charge is 0.333 e. The van der Waals surface area contributed by atoms with E-state index < -0.39 is 6.03 Å². The highest BCUT2D eigenvalue weighted by Gasteiger charge is 2.09. The number of methoxy groups -OCH3 is 1. The van der Waals surface area contributed by atoms with Crippen LogP contribution >= 0.6 is 0 Å². The third kappa shape index (κ3) is 2.60. The fourth-order valence-electron chi connectivity index (χ4n) is 1.48. The molecule has 0 spiro atoms. The molecule has 0 atom stereocenters. The highest BCUT2D eigenvalue weighted by Crippen LogP contribution is 2.29. The number of carbonyl (C=O) groups is 1. The van der Waals surface area contributed by atoms with E-state index in [1.807, 2.05) is 31.4 Å². The molecule has 4 N–H and O–H groups in total. The lowest BCUT2D eigenvalue weighted by molar-refractivity contribution is 0.252. The predicted molar refractivity (Wildman–Crippen MR) is 58.8 cm³/mol. The number of rotatable bonds is 2. The van der Waals surface area contributed by atoms with E-state index in [9.17, 15) is 4.79 Å². The first-order valence-corrected chi connectivity index (χ1v) is 4.51. The van der Waals surface area contributed by atoms with Gasteiger partial charge in [0, 0.05) is 0 Å². The highest BCUT2D eigenvalue weighted by molar-refractivity contribution is 5.91. The van der Waals surface area contributed by atoms with Gasteiger partial charge in [-0.25, -0.2) is 10.6 Å². The van der Waals surface area contributed by atoms with Gasteiger partial charge in [0.05, 0.1) is 12.8 Å². The van der Waals surface area contributed by atoms with E-state index in [1.165, 1.54) is 0 Å². The van der Waals surface area contributed by atoms with Gasteiger partial charge in [-0.2, -0.15) is 0 Å². The lowest BCUT2D eigenvalue weighted by Gasteiger charge is -2.13. The summed E-state index contributed by atoms with van der Waals surface area (Å²) in [4.78, 5) is 11.1. The van der Waals surface area contributed by atoms with Crippen LogP contribution in [0.1, 0.15) is 11.1 Å². The summed E-state index contributed by atoms with van der Waals surface area (Å²) in [6.45, 7) is 3.86. The van der Waals surface area contributed by atoms with Gasteiger partial charge in [-0.15, -0.1) is 0 Å². The van der Waals surface area contributed by atoms with Gasteiger partial charge in [0.25, 0.3) is 0 Å². The monoisotopic (exact) mass is 209 g/mol. The van der Waals surface area contributed by atoms with Crippen LogP contribution in [-0.2, 0) is 0 Å². The third-order valence-electron chi connectivity index (χ3n) is 2.00. The lowest BCUT2D eigenvalue weighted by atomic mass is 10.1. The zero-order valence-corrected chi connectivity index (χ0v) is 9.05. The second-order valence-corrected chi connectivity index (χ2v) is 3.26. The Balaban J connectivity index is 3.09. The van der Waals surface area contributed by atoms with Gasteiger partial charge in [-0.05, 0) is 31.0 Å². The Morgan fingerprint density at radius 2 is 2.07 bits per heavy atom. The Morgan fingerprint density at radius 3 is 2.60 bits per heavy atom. The molecule has 0 aliphatic heterocycles. The first-order valence-electron chi connectivity index (χ1n) is 4.51. The first kappa shape index (κ1) is 11.3. The van der Waals surface area contributed by atoms with Crippen LogP contribution in [0.2, 0.25) is 0 Å². The van der Waals surface area contributed by atoms with E-state index in [-0.39, 0.29) is 0 Å². The SMILES string of the molecule is COc1c(C)cc(C)cc1NC(=O)NN. The molecule has 0 saturated heterocycles. The van der Waals surface area contributed by atoms with E-state index in [0.29, 0.717) is 11.4 Å². The Kier molecular flexibility index (Phi) is 3.51. The minimum Gasteiger partial charge on any atom is -0.494 e. The maximum absolute atomic E-state index is 11.1. The van der Waals surface area contributed by atoms with Crippen LogP contribution < -0.4 is 21.3 Å². The number of anilines is 1. The number of nitrogens with one attached hydrogen (secondary N) is 2. The summed E-state index contributed by atoms with van der Waals surface area (Å²) >= 11 is 0. The van der Waals surface area contributed by atoms with Crippen molar-refractivity contribution in [1.82, 2.24) is 5.43 Å². The summed E-state index contributed by atoms with van der Waals surface area (Å²) in [6, 6.07) is 3.32. The normalized spacial score (nSPS) is 9.60. The number of hydrazine groups is 1. The molecule has 0 fully saturated rings. The van der Waals surface area contributed by atoms with E-state index in [2.05, 4.69) is 5.32 Å². The Bertz CT molecular complexity index is 377. The van der Waals surface area contributed by atoms with E-state index in [0.717, 1.165) is 11.1 Å². The average molecular weight is 209 g/mol. The summed E-state index contributed by atoms with van der Waals surface area (Å²) in [6.07, 6.45) is 0. The van der Waals surface area contributed by atoms with Crippen molar-refractivity contribution in [2.45, 2.75) is 13.8 Å². The number of hydrogen-bond acceptors (Lipinski definition) is 3. The largest absolute Gasteiger partial charge is 0.494 e. The average Bonchev–Trinajstić information content (AvgIpc) is 2.17. The van der Waals surface area contributed by atoms with E-state index in [4.69, 9.17) is 10.6 Å².